The molecule has 0 radical (unpaired) electrons. The molecule has 100 valence electrons. The average Bonchev–Trinajstić information content (AvgIpc) is 2.20. The molecule has 1 aliphatic rings. The second-order valence-corrected chi connectivity index (χ2v) is 5.16. The van der Waals surface area contributed by atoms with Crippen LogP contribution in [0.25, 0.3) is 0 Å². The number of ether oxygens (including phenoxy) is 1. The van der Waals surface area contributed by atoms with Crippen molar-refractivity contribution in [1.29, 1.82) is 0 Å². The van der Waals surface area contributed by atoms with Crippen LogP contribution in [0.4, 0.5) is 0 Å². The van der Waals surface area contributed by atoms with E-state index in [0.717, 1.165) is 32.4 Å². The Morgan fingerprint density at radius 1 is 1.41 bits per heavy atom. The molecule has 0 unspecified atom stereocenters. The van der Waals surface area contributed by atoms with Crippen LogP contribution >= 0.6 is 0 Å². The maximum absolute atomic E-state index is 11.5. The average molecular weight is 242 g/mol. The molecule has 0 atom stereocenters. The van der Waals surface area contributed by atoms with Crippen molar-refractivity contribution < 1.29 is 9.53 Å². The van der Waals surface area contributed by atoms with E-state index in [9.17, 15) is 4.79 Å². The summed E-state index contributed by atoms with van der Waals surface area (Å²) in [6.45, 7) is 8.33. The molecule has 0 aromatic heterocycles. The lowest BCUT2D eigenvalue weighted by Gasteiger charge is -2.35. The molecule has 0 bridgehead atoms. The Labute approximate surface area is 104 Å². The lowest BCUT2D eigenvalue weighted by Crippen LogP contribution is -2.48. The summed E-state index contributed by atoms with van der Waals surface area (Å²) in [6.07, 6.45) is 3.52. The van der Waals surface area contributed by atoms with Crippen molar-refractivity contribution in [2.75, 3.05) is 19.7 Å². The molecule has 0 heterocycles. The zero-order chi connectivity index (χ0) is 12.7. The van der Waals surface area contributed by atoms with Gasteiger partial charge < -0.3 is 15.4 Å². The minimum atomic E-state index is 0.102. The van der Waals surface area contributed by atoms with E-state index in [4.69, 9.17) is 4.74 Å². The largest absolute Gasteiger partial charge is 0.378 e. The van der Waals surface area contributed by atoms with Gasteiger partial charge in [-0.05, 0) is 32.1 Å². The van der Waals surface area contributed by atoms with Crippen LogP contribution in [0.2, 0.25) is 0 Å². The zero-order valence-corrected chi connectivity index (χ0v) is 11.3. The molecule has 0 aliphatic heterocycles. The van der Waals surface area contributed by atoms with E-state index in [-0.39, 0.29) is 5.91 Å². The molecule has 0 spiro atoms. The maximum Gasteiger partial charge on any atom is 0.233 e. The topological polar surface area (TPSA) is 50.4 Å². The normalized spacial score (nSPS) is 23.5. The molecule has 1 fully saturated rings. The van der Waals surface area contributed by atoms with E-state index in [1.807, 2.05) is 6.92 Å². The zero-order valence-electron chi connectivity index (χ0n) is 11.3. The molecule has 1 saturated carbocycles. The molecule has 4 nitrogen and oxygen atoms in total. The van der Waals surface area contributed by atoms with Crippen LogP contribution in [0.15, 0.2) is 0 Å². The Morgan fingerprint density at radius 3 is 2.71 bits per heavy atom. The summed E-state index contributed by atoms with van der Waals surface area (Å²) in [5, 5.41) is 6.17. The van der Waals surface area contributed by atoms with Crippen molar-refractivity contribution in [2.45, 2.75) is 52.2 Å². The number of carbonyl (C=O) groups excluding carboxylic acids is 1. The first-order valence-electron chi connectivity index (χ1n) is 6.73. The molecule has 1 rings (SSSR count). The van der Waals surface area contributed by atoms with Crippen LogP contribution in [0, 0.1) is 5.92 Å². The van der Waals surface area contributed by atoms with E-state index < -0.39 is 0 Å². The van der Waals surface area contributed by atoms with E-state index in [1.54, 1.807) is 0 Å². The van der Waals surface area contributed by atoms with E-state index >= 15 is 0 Å². The third kappa shape index (κ3) is 6.03. The monoisotopic (exact) mass is 242 g/mol. The molecule has 17 heavy (non-hydrogen) atoms. The van der Waals surface area contributed by atoms with E-state index in [1.165, 1.54) is 0 Å². The van der Waals surface area contributed by atoms with Gasteiger partial charge in [-0.25, -0.2) is 0 Å². The van der Waals surface area contributed by atoms with Gasteiger partial charge in [0.2, 0.25) is 5.91 Å². The van der Waals surface area contributed by atoms with Crippen LogP contribution in [0.1, 0.15) is 40.0 Å². The molecule has 1 amide bonds. The minimum absolute atomic E-state index is 0.102. The summed E-state index contributed by atoms with van der Waals surface area (Å²) in [7, 11) is 0. The van der Waals surface area contributed by atoms with Crippen LogP contribution < -0.4 is 10.6 Å². The van der Waals surface area contributed by atoms with Gasteiger partial charge in [-0.2, -0.15) is 0 Å². The highest BCUT2D eigenvalue weighted by Gasteiger charge is 2.29. The van der Waals surface area contributed by atoms with Crippen molar-refractivity contribution in [3.8, 4) is 0 Å². The van der Waals surface area contributed by atoms with Crippen LogP contribution in [0.5, 0.6) is 0 Å². The fourth-order valence-electron chi connectivity index (χ4n) is 1.90. The number of rotatable bonds is 8. The highest BCUT2D eigenvalue weighted by molar-refractivity contribution is 5.77. The van der Waals surface area contributed by atoms with Crippen LogP contribution in [-0.2, 0) is 9.53 Å². The summed E-state index contributed by atoms with van der Waals surface area (Å²) in [4.78, 5) is 11.5. The summed E-state index contributed by atoms with van der Waals surface area (Å²) in [5.74, 6) is 0.743. The first-order chi connectivity index (χ1) is 8.11. The quantitative estimate of drug-likeness (QED) is 0.674. The van der Waals surface area contributed by atoms with Crippen molar-refractivity contribution in [3.05, 3.63) is 0 Å². The van der Waals surface area contributed by atoms with Gasteiger partial charge >= 0.3 is 0 Å². The van der Waals surface area contributed by atoms with Crippen LogP contribution in [-0.4, -0.2) is 37.7 Å². The molecular weight excluding hydrogens is 216 g/mol. The van der Waals surface area contributed by atoms with Gasteiger partial charge in [-0.1, -0.05) is 13.8 Å². The Kier molecular flexibility index (Phi) is 6.52. The number of amides is 1. The third-order valence-corrected chi connectivity index (χ3v) is 3.09. The highest BCUT2D eigenvalue weighted by Crippen LogP contribution is 2.22. The van der Waals surface area contributed by atoms with Crippen LogP contribution in [0.3, 0.4) is 0 Å². The lowest BCUT2D eigenvalue weighted by molar-refractivity contribution is -0.120. The van der Waals surface area contributed by atoms with Gasteiger partial charge in [0.25, 0.3) is 0 Å². The van der Waals surface area contributed by atoms with Gasteiger partial charge in [0.15, 0.2) is 0 Å². The fraction of sp³-hybridized carbons (Fsp3) is 0.923. The Hall–Kier alpha value is -0.610. The predicted octanol–water partition coefficient (Wildman–Crippen LogP) is 1.31. The Morgan fingerprint density at radius 2 is 2.12 bits per heavy atom. The number of hydrogen-bond donors (Lipinski definition) is 2. The summed E-state index contributed by atoms with van der Waals surface area (Å²) in [6, 6.07) is 0.461. The van der Waals surface area contributed by atoms with Crippen molar-refractivity contribution >= 4 is 5.91 Å². The van der Waals surface area contributed by atoms with Gasteiger partial charge in [-0.15, -0.1) is 0 Å². The highest BCUT2D eigenvalue weighted by atomic mass is 16.5. The smallest absolute Gasteiger partial charge is 0.233 e. The summed E-state index contributed by atoms with van der Waals surface area (Å²) >= 11 is 0. The Balaban J connectivity index is 1.94. The summed E-state index contributed by atoms with van der Waals surface area (Å²) < 4.78 is 5.47. The van der Waals surface area contributed by atoms with Gasteiger partial charge in [0.05, 0.1) is 12.6 Å². The predicted molar refractivity (Wildman–Crippen MR) is 68.9 cm³/mol. The molecule has 4 heteroatoms. The minimum Gasteiger partial charge on any atom is -0.378 e. The molecule has 1 aliphatic carbocycles. The Bertz CT molecular complexity index is 225. The molecule has 0 aromatic carbocycles. The first-order valence-corrected chi connectivity index (χ1v) is 6.73. The third-order valence-electron chi connectivity index (χ3n) is 3.09. The molecular formula is C13H26N2O2. The molecule has 0 saturated heterocycles. The van der Waals surface area contributed by atoms with Gasteiger partial charge in [-0.3, -0.25) is 4.79 Å². The molecule has 0 aromatic rings. The SMILES string of the molecule is CCOC1CC(NCC(=O)NCCC(C)C)C1. The van der Waals surface area contributed by atoms with E-state index in [2.05, 4.69) is 24.5 Å². The molecule has 2 N–H and O–H groups in total. The number of hydrogen-bond acceptors (Lipinski definition) is 3. The summed E-state index contributed by atoms with van der Waals surface area (Å²) in [5.41, 5.74) is 0. The van der Waals surface area contributed by atoms with E-state index in [0.29, 0.717) is 24.6 Å². The van der Waals surface area contributed by atoms with Gasteiger partial charge in [0, 0.05) is 19.2 Å². The van der Waals surface area contributed by atoms with Crippen molar-refractivity contribution in [1.82, 2.24) is 10.6 Å². The number of carbonyl (C=O) groups is 1. The number of nitrogens with one attached hydrogen (secondary N) is 2. The van der Waals surface area contributed by atoms with Gasteiger partial charge in [0.1, 0.15) is 0 Å². The van der Waals surface area contributed by atoms with Crippen molar-refractivity contribution in [2.24, 2.45) is 5.92 Å². The lowest BCUT2D eigenvalue weighted by atomic mass is 9.89. The van der Waals surface area contributed by atoms with Crippen molar-refractivity contribution in [3.63, 3.8) is 0 Å². The second-order valence-electron chi connectivity index (χ2n) is 5.16. The standard InChI is InChI=1S/C13H26N2O2/c1-4-17-12-7-11(8-12)15-9-13(16)14-6-5-10(2)3/h10-12,15H,4-9H2,1-3H3,(H,14,16). The first kappa shape index (κ1) is 14.5. The second kappa shape index (κ2) is 7.67. The maximum atomic E-state index is 11.5. The fourth-order valence-corrected chi connectivity index (χ4v) is 1.90.